The molecule has 61 heavy (non-hydrogen) atoms. The highest BCUT2D eigenvalue weighted by Crippen LogP contribution is 2.31. The number of aliphatic hydroxyl groups excluding tert-OH is 1. The van der Waals surface area contributed by atoms with Crippen LogP contribution in [0.3, 0.4) is 0 Å². The number of thiazole rings is 1. The molecule has 0 saturated carbocycles. The lowest BCUT2D eigenvalue weighted by atomic mass is 9.85. The molecule has 1 fully saturated rings. The molecule has 0 spiro atoms. The number of aromatic amines is 1. The van der Waals surface area contributed by atoms with Crippen LogP contribution in [0.25, 0.3) is 32.2 Å². The topological polar surface area (TPSA) is 206 Å². The second-order valence-electron chi connectivity index (χ2n) is 15.9. The predicted molar refractivity (Wildman–Crippen MR) is 234 cm³/mol. The van der Waals surface area contributed by atoms with E-state index in [0.29, 0.717) is 29.9 Å². The number of nitrogens with one attached hydrogen (secondary N) is 4. The van der Waals surface area contributed by atoms with Crippen molar-refractivity contribution in [3.05, 3.63) is 99.4 Å². The van der Waals surface area contributed by atoms with Crippen molar-refractivity contribution in [2.24, 2.45) is 5.41 Å². The second-order valence-corrected chi connectivity index (χ2v) is 17.1. The van der Waals surface area contributed by atoms with Gasteiger partial charge in [0, 0.05) is 49.4 Å². The van der Waals surface area contributed by atoms with E-state index in [1.807, 2.05) is 92.5 Å². The number of H-pyrrole nitrogens is 1. The highest BCUT2D eigenvalue weighted by molar-refractivity contribution is 7.13. The summed E-state index contributed by atoms with van der Waals surface area (Å²) in [5, 5.41) is 20.9. The number of aryl methyl sites for hydroxylation is 1. The minimum atomic E-state index is -0.976. The van der Waals surface area contributed by atoms with E-state index in [4.69, 9.17) is 21.1 Å². The summed E-state index contributed by atoms with van der Waals surface area (Å²) >= 11 is 7.79. The number of aliphatic hydroxyl groups is 1. The van der Waals surface area contributed by atoms with E-state index >= 15 is 0 Å². The van der Waals surface area contributed by atoms with Gasteiger partial charge in [-0.15, -0.1) is 11.3 Å². The van der Waals surface area contributed by atoms with Gasteiger partial charge in [0.1, 0.15) is 35.0 Å². The molecule has 0 bridgehead atoms. The van der Waals surface area contributed by atoms with Crippen molar-refractivity contribution in [2.45, 2.75) is 65.4 Å². The van der Waals surface area contributed by atoms with E-state index in [9.17, 15) is 24.3 Å². The highest BCUT2D eigenvalue weighted by atomic mass is 35.5. The van der Waals surface area contributed by atoms with Crippen molar-refractivity contribution in [3.8, 4) is 10.4 Å². The number of carbonyl (C=O) groups excluding carboxylic acids is 3. The molecule has 0 unspecified atom stereocenters. The number of pyridine rings is 1. The fraction of sp³-hybridized carbons (Fsp3) is 0.372. The highest BCUT2D eigenvalue weighted by Gasteiger charge is 2.44. The van der Waals surface area contributed by atoms with Gasteiger partial charge in [-0.2, -0.15) is 0 Å². The molecule has 3 atom stereocenters. The molecule has 7 rings (SSSR count). The van der Waals surface area contributed by atoms with Gasteiger partial charge in [-0.25, -0.2) is 15.0 Å². The van der Waals surface area contributed by atoms with Crippen LogP contribution < -0.4 is 21.5 Å². The summed E-state index contributed by atoms with van der Waals surface area (Å²) in [7, 11) is 0. The van der Waals surface area contributed by atoms with Crippen molar-refractivity contribution >= 4 is 74.0 Å². The zero-order valence-electron chi connectivity index (χ0n) is 34.2. The lowest BCUT2D eigenvalue weighted by Crippen LogP contribution is -2.58. The molecule has 1 aliphatic rings. The second kappa shape index (κ2) is 18.9. The normalized spacial score (nSPS) is 15.9. The fourth-order valence-corrected chi connectivity index (χ4v) is 8.34. The van der Waals surface area contributed by atoms with E-state index in [1.165, 1.54) is 17.3 Å². The molecule has 2 aromatic carbocycles. The van der Waals surface area contributed by atoms with Gasteiger partial charge in [-0.1, -0.05) is 62.7 Å². The summed E-state index contributed by atoms with van der Waals surface area (Å²) in [6.45, 7) is 8.66. The SMILES string of the molecule is Cc1ncsc1-c1ccc(CNC(=O)[C@@H]2C[C@@H](O)CN2C(=O)[C@@H](NC(=O)COCCOCCn2ccc3c(Nc4nc(Cl)cc5nc[nH]c(=O)c45)cccc32)C(C)(C)C)cc1. The van der Waals surface area contributed by atoms with E-state index in [2.05, 4.69) is 35.9 Å². The summed E-state index contributed by atoms with van der Waals surface area (Å²) in [5.74, 6) is -1.02. The largest absolute Gasteiger partial charge is 0.391 e. The summed E-state index contributed by atoms with van der Waals surface area (Å²) in [5.41, 5.74) is 5.76. The van der Waals surface area contributed by atoms with E-state index in [0.717, 1.165) is 38.3 Å². The number of anilines is 2. The molecule has 1 aliphatic heterocycles. The maximum absolute atomic E-state index is 14.0. The number of fused-ring (bicyclic) bond motifs is 2. The van der Waals surface area contributed by atoms with E-state index in [1.54, 1.807) is 11.3 Å². The molecule has 0 radical (unpaired) electrons. The summed E-state index contributed by atoms with van der Waals surface area (Å²) in [6.07, 6.45) is 2.47. The molecule has 320 valence electrons. The van der Waals surface area contributed by atoms with Gasteiger partial charge >= 0.3 is 0 Å². The zero-order valence-corrected chi connectivity index (χ0v) is 35.8. The molecule has 3 amide bonds. The van der Waals surface area contributed by atoms with Crippen LogP contribution in [0, 0.1) is 12.3 Å². The molecule has 4 aromatic heterocycles. The molecule has 18 heteroatoms. The Morgan fingerprint density at radius 1 is 1.07 bits per heavy atom. The van der Waals surface area contributed by atoms with Crippen molar-refractivity contribution in [3.63, 3.8) is 0 Å². The number of ether oxygens (including phenoxy) is 2. The molecule has 0 aliphatic carbocycles. The Kier molecular flexibility index (Phi) is 13.4. The average Bonchev–Trinajstić information content (AvgIpc) is 3.96. The Balaban J connectivity index is 0.863. The third-order valence-corrected chi connectivity index (χ3v) is 11.6. The van der Waals surface area contributed by atoms with Crippen LogP contribution in [0.2, 0.25) is 5.15 Å². The number of aromatic nitrogens is 5. The third-order valence-electron chi connectivity index (χ3n) is 10.5. The summed E-state index contributed by atoms with van der Waals surface area (Å²) < 4.78 is 13.4. The van der Waals surface area contributed by atoms with Crippen LogP contribution in [0.4, 0.5) is 11.5 Å². The maximum Gasteiger partial charge on any atom is 0.262 e. The Labute approximate surface area is 360 Å². The Morgan fingerprint density at radius 3 is 2.61 bits per heavy atom. The van der Waals surface area contributed by atoms with Gasteiger partial charge < -0.3 is 45.0 Å². The lowest BCUT2D eigenvalue weighted by molar-refractivity contribution is -0.144. The van der Waals surface area contributed by atoms with Crippen molar-refractivity contribution < 1.29 is 29.0 Å². The number of hydrogen-bond acceptors (Lipinski definition) is 12. The molecular weight excluding hydrogens is 822 g/mol. The number of likely N-dealkylation sites (tertiary alicyclic amines) is 1. The number of β-amino-alcohol motifs (C(OH)–C–C–N with tert-alkyl or cyclic N) is 1. The molecule has 16 nitrogen and oxygen atoms in total. The van der Waals surface area contributed by atoms with Crippen molar-refractivity contribution in [2.75, 3.05) is 38.3 Å². The Morgan fingerprint density at radius 2 is 1.85 bits per heavy atom. The summed E-state index contributed by atoms with van der Waals surface area (Å²) in [4.78, 5) is 70.9. The fourth-order valence-electron chi connectivity index (χ4n) is 7.34. The number of nitrogens with zero attached hydrogens (tertiary/aromatic N) is 5. The number of benzene rings is 2. The lowest BCUT2D eigenvalue weighted by Gasteiger charge is -2.35. The molecular formula is C43H48ClN9O7S. The van der Waals surface area contributed by atoms with Crippen LogP contribution in [0.1, 0.15) is 38.4 Å². The average molecular weight is 870 g/mol. The molecule has 6 aromatic rings. The summed E-state index contributed by atoms with van der Waals surface area (Å²) in [6, 6.07) is 15.2. The van der Waals surface area contributed by atoms with E-state index < -0.39 is 35.4 Å². The van der Waals surface area contributed by atoms with Gasteiger partial charge in [0.05, 0.1) is 59.4 Å². The minimum Gasteiger partial charge on any atom is -0.391 e. The minimum absolute atomic E-state index is 0.0228. The number of rotatable bonds is 16. The van der Waals surface area contributed by atoms with Crippen LogP contribution >= 0.6 is 22.9 Å². The van der Waals surface area contributed by atoms with Gasteiger partial charge in [0.25, 0.3) is 5.56 Å². The number of carbonyl (C=O) groups is 3. The standard InChI is InChI=1S/C43H48ClN9O7S/c1-25-37(61-24-48-25)27-10-8-26(9-11-27)20-45-40(56)33-18-28(54)21-53(33)42(58)38(43(2,3)4)51-35(55)22-60-17-16-59-15-14-52-13-12-29-30(6-5-7-32(29)52)49-39-36-31(19-34(44)50-39)46-23-47-41(36)57/h5-13,19,23-24,28,33,38,54H,14-18,20-22H2,1-4H3,(H,45,56)(H,49,50)(H,51,55)(H,46,47,57)/t28-,33+,38-/m1/s1. The molecule has 1 saturated heterocycles. The number of amides is 3. The quantitative estimate of drug-likeness (QED) is 0.0651. The van der Waals surface area contributed by atoms with Gasteiger partial charge in [-0.3, -0.25) is 19.2 Å². The maximum atomic E-state index is 14.0. The third kappa shape index (κ3) is 10.3. The smallest absolute Gasteiger partial charge is 0.262 e. The monoisotopic (exact) mass is 869 g/mol. The van der Waals surface area contributed by atoms with Crippen LogP contribution in [-0.4, -0.2) is 103 Å². The van der Waals surface area contributed by atoms with Crippen LogP contribution in [0.15, 0.2) is 77.4 Å². The van der Waals surface area contributed by atoms with Gasteiger partial charge in [0.15, 0.2) is 0 Å². The number of hydrogen-bond donors (Lipinski definition) is 5. The first-order valence-electron chi connectivity index (χ1n) is 19.9. The Bertz CT molecular complexity index is 2590. The number of halogens is 1. The van der Waals surface area contributed by atoms with Gasteiger partial charge in [-0.05, 0) is 41.7 Å². The van der Waals surface area contributed by atoms with Crippen LogP contribution in [-0.2, 0) is 36.9 Å². The first-order chi connectivity index (χ1) is 29.3. The van der Waals surface area contributed by atoms with E-state index in [-0.39, 0.29) is 56.0 Å². The molecule has 5 heterocycles. The first-order valence-corrected chi connectivity index (χ1v) is 21.1. The first kappa shape index (κ1) is 43.4. The Hall–Kier alpha value is -5.72. The molecule has 5 N–H and O–H groups in total. The van der Waals surface area contributed by atoms with Crippen molar-refractivity contribution in [1.82, 2.24) is 40.0 Å². The predicted octanol–water partition coefficient (Wildman–Crippen LogP) is 4.94. The van der Waals surface area contributed by atoms with Crippen molar-refractivity contribution in [1.29, 1.82) is 0 Å². The zero-order chi connectivity index (χ0) is 43.3. The van der Waals surface area contributed by atoms with Crippen LogP contribution in [0.5, 0.6) is 0 Å². The van der Waals surface area contributed by atoms with Gasteiger partial charge in [0.2, 0.25) is 17.7 Å².